The fourth-order valence-electron chi connectivity index (χ4n) is 3.40. The van der Waals surface area contributed by atoms with E-state index >= 15 is 0 Å². The van der Waals surface area contributed by atoms with Crippen LogP contribution >= 0.6 is 0 Å². The van der Waals surface area contributed by atoms with E-state index in [-0.39, 0.29) is 0 Å². The van der Waals surface area contributed by atoms with E-state index in [9.17, 15) is 4.79 Å². The van der Waals surface area contributed by atoms with E-state index < -0.39 is 5.91 Å². The lowest BCUT2D eigenvalue weighted by Crippen LogP contribution is -2.29. The number of anilines is 1. The number of benzene rings is 1. The van der Waals surface area contributed by atoms with Crippen LogP contribution in [-0.4, -0.2) is 37.3 Å². The minimum atomic E-state index is -0.511. The molecule has 5 heteroatoms. The first kappa shape index (κ1) is 14.1. The lowest BCUT2D eigenvalue weighted by Gasteiger charge is -2.25. The van der Waals surface area contributed by atoms with E-state index in [1.54, 1.807) is 11.6 Å². The molecule has 1 amide bonds. The number of para-hydroxylation sites is 1. The molecule has 2 heterocycles. The summed E-state index contributed by atoms with van der Waals surface area (Å²) < 4.78 is 0. The van der Waals surface area contributed by atoms with E-state index in [0.29, 0.717) is 5.41 Å². The van der Waals surface area contributed by atoms with Crippen molar-refractivity contribution in [1.29, 1.82) is 0 Å². The Bertz CT molecular complexity index is 550. The number of carbonyl (C=O) groups is 1. The van der Waals surface area contributed by atoms with Gasteiger partial charge in [-0.25, -0.2) is 5.48 Å². The highest BCUT2D eigenvalue weighted by Gasteiger charge is 2.40. The number of rotatable bonds is 3. The molecule has 0 aliphatic carbocycles. The molecule has 1 spiro atoms. The molecule has 2 aliphatic rings. The number of amides is 1. The lowest BCUT2D eigenvalue weighted by atomic mass is 9.86. The second-order valence-corrected chi connectivity index (χ2v) is 5.97. The van der Waals surface area contributed by atoms with Gasteiger partial charge in [0, 0.05) is 36.8 Å². The Kier molecular flexibility index (Phi) is 3.94. The second-order valence-electron chi connectivity index (χ2n) is 5.97. The molecule has 0 radical (unpaired) electrons. The summed E-state index contributed by atoms with van der Waals surface area (Å²) >= 11 is 0. The molecule has 0 aromatic heterocycles. The topological polar surface area (TPSA) is 64.6 Å². The molecule has 3 N–H and O–H groups in total. The third-order valence-corrected chi connectivity index (χ3v) is 4.57. The molecule has 21 heavy (non-hydrogen) atoms. The smallest absolute Gasteiger partial charge is 0.267 e. The van der Waals surface area contributed by atoms with Crippen molar-refractivity contribution in [2.45, 2.75) is 12.8 Å². The molecule has 2 saturated heterocycles. The van der Waals surface area contributed by atoms with Gasteiger partial charge in [0.15, 0.2) is 0 Å². The summed E-state index contributed by atoms with van der Waals surface area (Å²) in [4.78, 5) is 13.6. The van der Waals surface area contributed by atoms with Crippen LogP contribution in [0.4, 0.5) is 5.69 Å². The highest BCUT2D eigenvalue weighted by molar-refractivity contribution is 5.91. The van der Waals surface area contributed by atoms with E-state index in [4.69, 9.17) is 5.21 Å². The molecule has 5 nitrogen and oxygen atoms in total. The normalized spacial score (nSPS) is 25.1. The summed E-state index contributed by atoms with van der Waals surface area (Å²) in [5.41, 5.74) is 4.19. The highest BCUT2D eigenvalue weighted by atomic mass is 16.5. The summed E-state index contributed by atoms with van der Waals surface area (Å²) in [6.07, 6.45) is 5.56. The number of hydroxylamine groups is 1. The van der Waals surface area contributed by atoms with Gasteiger partial charge in [-0.15, -0.1) is 0 Å². The average Bonchev–Trinajstić information content (AvgIpc) is 3.15. The van der Waals surface area contributed by atoms with Crippen LogP contribution in [0.3, 0.4) is 0 Å². The van der Waals surface area contributed by atoms with Gasteiger partial charge >= 0.3 is 0 Å². The fraction of sp³-hybridized carbons (Fsp3) is 0.438. The molecular formula is C16H21N3O2. The SMILES string of the molecule is O=C(C=Cc1ccccc1N1CCC2(CCNC2)C1)NO. The summed E-state index contributed by atoms with van der Waals surface area (Å²) in [6, 6.07) is 8.08. The summed E-state index contributed by atoms with van der Waals surface area (Å²) in [6.45, 7) is 4.34. The minimum Gasteiger partial charge on any atom is -0.370 e. The Hall–Kier alpha value is -1.85. The first-order valence-corrected chi connectivity index (χ1v) is 7.39. The number of hydrogen-bond acceptors (Lipinski definition) is 4. The summed E-state index contributed by atoms with van der Waals surface area (Å²) in [5, 5.41) is 12.0. The van der Waals surface area contributed by atoms with Crippen LogP contribution in [-0.2, 0) is 4.79 Å². The van der Waals surface area contributed by atoms with Crippen LogP contribution in [0.1, 0.15) is 18.4 Å². The number of nitrogens with zero attached hydrogens (tertiary/aromatic N) is 1. The van der Waals surface area contributed by atoms with Crippen molar-refractivity contribution in [1.82, 2.24) is 10.8 Å². The van der Waals surface area contributed by atoms with Gasteiger partial charge in [-0.05, 0) is 37.1 Å². The first-order chi connectivity index (χ1) is 10.2. The average molecular weight is 287 g/mol. The maximum absolute atomic E-state index is 11.2. The standard InChI is InChI=1S/C16H21N3O2/c20-15(18-21)6-5-13-3-1-2-4-14(13)19-10-8-16(12-19)7-9-17-11-16/h1-6,17,21H,7-12H2,(H,18,20). The van der Waals surface area contributed by atoms with Crippen molar-refractivity contribution >= 4 is 17.7 Å². The number of nitrogens with one attached hydrogen (secondary N) is 2. The van der Waals surface area contributed by atoms with Crippen LogP contribution in [0.25, 0.3) is 6.08 Å². The van der Waals surface area contributed by atoms with E-state index in [0.717, 1.165) is 37.4 Å². The second kappa shape index (κ2) is 5.87. The zero-order valence-electron chi connectivity index (χ0n) is 12.0. The van der Waals surface area contributed by atoms with Gasteiger partial charge in [0.05, 0.1) is 0 Å². The monoisotopic (exact) mass is 287 g/mol. The highest BCUT2D eigenvalue weighted by Crippen LogP contribution is 2.39. The largest absolute Gasteiger partial charge is 0.370 e. The van der Waals surface area contributed by atoms with Crippen LogP contribution in [0.2, 0.25) is 0 Å². The molecule has 3 rings (SSSR count). The van der Waals surface area contributed by atoms with Crippen molar-refractivity contribution in [2.75, 3.05) is 31.1 Å². The zero-order valence-corrected chi connectivity index (χ0v) is 12.0. The van der Waals surface area contributed by atoms with Gasteiger partial charge in [0.2, 0.25) is 0 Å². The Morgan fingerprint density at radius 3 is 3.00 bits per heavy atom. The maximum Gasteiger partial charge on any atom is 0.267 e. The van der Waals surface area contributed by atoms with Crippen molar-refractivity contribution in [3.05, 3.63) is 35.9 Å². The molecule has 1 atom stereocenters. The van der Waals surface area contributed by atoms with Gasteiger partial charge in [-0.3, -0.25) is 10.0 Å². The van der Waals surface area contributed by atoms with Crippen LogP contribution in [0, 0.1) is 5.41 Å². The fourth-order valence-corrected chi connectivity index (χ4v) is 3.40. The number of hydrogen-bond donors (Lipinski definition) is 3. The molecule has 0 bridgehead atoms. The van der Waals surface area contributed by atoms with Crippen molar-refractivity contribution in [3.8, 4) is 0 Å². The molecule has 112 valence electrons. The molecule has 2 fully saturated rings. The van der Waals surface area contributed by atoms with E-state index in [1.807, 2.05) is 18.2 Å². The van der Waals surface area contributed by atoms with Gasteiger partial charge in [-0.1, -0.05) is 18.2 Å². The lowest BCUT2D eigenvalue weighted by molar-refractivity contribution is -0.124. The zero-order chi connectivity index (χ0) is 14.7. The molecular weight excluding hydrogens is 266 g/mol. The van der Waals surface area contributed by atoms with Crippen LogP contribution < -0.4 is 15.7 Å². The van der Waals surface area contributed by atoms with Crippen molar-refractivity contribution in [3.63, 3.8) is 0 Å². The summed E-state index contributed by atoms with van der Waals surface area (Å²) in [7, 11) is 0. The number of carbonyl (C=O) groups excluding carboxylic acids is 1. The minimum absolute atomic E-state index is 0.416. The summed E-state index contributed by atoms with van der Waals surface area (Å²) in [5.74, 6) is -0.511. The van der Waals surface area contributed by atoms with Crippen molar-refractivity contribution in [2.24, 2.45) is 5.41 Å². The van der Waals surface area contributed by atoms with E-state index in [1.165, 1.54) is 18.9 Å². The Balaban J connectivity index is 1.79. The van der Waals surface area contributed by atoms with Gasteiger partial charge in [0.1, 0.15) is 0 Å². The Morgan fingerprint density at radius 2 is 2.24 bits per heavy atom. The molecule has 1 aromatic carbocycles. The quantitative estimate of drug-likeness (QED) is 0.447. The van der Waals surface area contributed by atoms with Crippen LogP contribution in [0.5, 0.6) is 0 Å². The third kappa shape index (κ3) is 2.94. The van der Waals surface area contributed by atoms with Crippen molar-refractivity contribution < 1.29 is 10.0 Å². The van der Waals surface area contributed by atoms with Crippen LogP contribution in [0.15, 0.2) is 30.3 Å². The predicted octanol–water partition coefficient (Wildman–Crippen LogP) is 1.40. The predicted molar refractivity (Wildman–Crippen MR) is 82.2 cm³/mol. The Labute approximate surface area is 124 Å². The van der Waals surface area contributed by atoms with Gasteiger partial charge < -0.3 is 10.2 Å². The maximum atomic E-state index is 11.2. The molecule has 1 unspecified atom stereocenters. The molecule has 2 aliphatic heterocycles. The molecule has 0 saturated carbocycles. The van der Waals surface area contributed by atoms with E-state index in [2.05, 4.69) is 16.3 Å². The van der Waals surface area contributed by atoms with Gasteiger partial charge in [0.25, 0.3) is 5.91 Å². The van der Waals surface area contributed by atoms with Gasteiger partial charge in [-0.2, -0.15) is 0 Å². The third-order valence-electron chi connectivity index (χ3n) is 4.57. The Morgan fingerprint density at radius 1 is 1.38 bits per heavy atom. The molecule has 1 aromatic rings. The first-order valence-electron chi connectivity index (χ1n) is 7.39.